The molecule has 0 bridgehead atoms. The number of piperidine rings is 1. The van der Waals surface area contributed by atoms with Gasteiger partial charge in [-0.2, -0.15) is 0 Å². The van der Waals surface area contributed by atoms with Crippen LogP contribution in [0.5, 0.6) is 0 Å². The first kappa shape index (κ1) is 19.4. The summed E-state index contributed by atoms with van der Waals surface area (Å²) in [6.07, 6.45) is 1.56. The molecule has 29 heavy (non-hydrogen) atoms. The van der Waals surface area contributed by atoms with Gasteiger partial charge in [0.25, 0.3) is 11.8 Å². The van der Waals surface area contributed by atoms with E-state index in [4.69, 9.17) is 0 Å². The van der Waals surface area contributed by atoms with Gasteiger partial charge in [-0.3, -0.25) is 9.20 Å². The zero-order valence-corrected chi connectivity index (χ0v) is 16.5. The second-order valence-electron chi connectivity index (χ2n) is 7.75. The molecule has 3 aromatic heterocycles. The van der Waals surface area contributed by atoms with Crippen molar-refractivity contribution in [2.24, 2.45) is 0 Å². The van der Waals surface area contributed by atoms with Gasteiger partial charge in [-0.15, -0.1) is 0 Å². The topological polar surface area (TPSA) is 63.7 Å². The number of rotatable bonds is 4. The summed E-state index contributed by atoms with van der Waals surface area (Å²) >= 11 is 0. The average Bonchev–Trinajstić information content (AvgIpc) is 3.01. The van der Waals surface area contributed by atoms with Crippen LogP contribution in [0.2, 0.25) is 0 Å². The number of likely N-dealkylation sites (tertiary alicyclic amines) is 1. The summed E-state index contributed by atoms with van der Waals surface area (Å²) < 4.78 is 28.6. The molecule has 1 aliphatic rings. The van der Waals surface area contributed by atoms with Crippen LogP contribution in [-0.2, 0) is 6.54 Å². The number of carbonyl (C=O) groups is 1. The van der Waals surface area contributed by atoms with E-state index in [0.717, 1.165) is 27.4 Å². The van der Waals surface area contributed by atoms with Crippen molar-refractivity contribution >= 4 is 17.2 Å². The molecule has 0 saturated carbocycles. The van der Waals surface area contributed by atoms with Crippen LogP contribution >= 0.6 is 0 Å². The molecule has 3 aromatic rings. The summed E-state index contributed by atoms with van der Waals surface area (Å²) in [4.78, 5) is 22.9. The molecule has 1 fully saturated rings. The maximum Gasteiger partial charge on any atom is 0.293 e. The van der Waals surface area contributed by atoms with Gasteiger partial charge in [0.1, 0.15) is 18.1 Å². The van der Waals surface area contributed by atoms with Crippen LogP contribution < -0.4 is 10.2 Å². The molecule has 4 heterocycles. The Morgan fingerprint density at radius 1 is 1.21 bits per heavy atom. The summed E-state index contributed by atoms with van der Waals surface area (Å²) in [5.74, 6) is -2.18. The van der Waals surface area contributed by atoms with E-state index in [1.54, 1.807) is 16.7 Å². The molecule has 0 unspecified atom stereocenters. The fourth-order valence-corrected chi connectivity index (χ4v) is 3.85. The van der Waals surface area contributed by atoms with Crippen LogP contribution in [0.3, 0.4) is 0 Å². The molecule has 1 amide bonds. The minimum atomic E-state index is -2.57. The Kier molecular flexibility index (Phi) is 5.04. The molecular weight excluding hydrogens is 376 g/mol. The maximum absolute atomic E-state index is 13.5. The van der Waals surface area contributed by atoms with E-state index in [2.05, 4.69) is 15.3 Å². The number of anilines is 1. The molecule has 6 nitrogen and oxygen atoms in total. The Labute approximate surface area is 167 Å². The lowest BCUT2D eigenvalue weighted by molar-refractivity contribution is -0.921. The largest absolute Gasteiger partial charge is 0.329 e. The number of aryl methyl sites for hydroxylation is 2. The van der Waals surface area contributed by atoms with E-state index < -0.39 is 5.92 Å². The van der Waals surface area contributed by atoms with Crippen molar-refractivity contribution < 1.29 is 18.5 Å². The Hall–Kier alpha value is -2.87. The molecule has 1 aliphatic heterocycles. The van der Waals surface area contributed by atoms with Crippen molar-refractivity contribution in [2.45, 2.75) is 39.2 Å². The number of imidazole rings is 1. The van der Waals surface area contributed by atoms with Gasteiger partial charge in [0.15, 0.2) is 0 Å². The van der Waals surface area contributed by atoms with Crippen molar-refractivity contribution in [3.63, 3.8) is 0 Å². The first-order valence-corrected chi connectivity index (χ1v) is 9.75. The van der Waals surface area contributed by atoms with E-state index in [1.165, 1.54) is 0 Å². The van der Waals surface area contributed by atoms with Crippen LogP contribution in [0.25, 0.3) is 5.52 Å². The fraction of sp³-hybridized carbons (Fsp3) is 0.381. The van der Waals surface area contributed by atoms with Crippen LogP contribution in [0, 0.1) is 13.8 Å². The second-order valence-corrected chi connectivity index (χ2v) is 7.75. The predicted molar refractivity (Wildman–Crippen MR) is 105 cm³/mol. The van der Waals surface area contributed by atoms with Gasteiger partial charge in [-0.25, -0.2) is 18.7 Å². The molecule has 0 spiro atoms. The van der Waals surface area contributed by atoms with Crippen LogP contribution in [0.1, 0.15) is 40.4 Å². The number of hydrogen-bond donors (Lipinski definition) is 2. The predicted octanol–water partition coefficient (Wildman–Crippen LogP) is 2.41. The Bertz CT molecular complexity index is 1030. The Morgan fingerprint density at radius 3 is 2.69 bits per heavy atom. The third kappa shape index (κ3) is 4.27. The van der Waals surface area contributed by atoms with E-state index in [0.29, 0.717) is 25.5 Å². The zero-order chi connectivity index (χ0) is 20.6. The molecular formula is C21H24F2N5O+. The molecule has 0 atom stereocenters. The summed E-state index contributed by atoms with van der Waals surface area (Å²) in [6.45, 7) is 5.12. The zero-order valence-electron chi connectivity index (χ0n) is 16.5. The highest BCUT2D eigenvalue weighted by Crippen LogP contribution is 2.23. The number of hydrogen-bond acceptors (Lipinski definition) is 3. The van der Waals surface area contributed by atoms with Crippen LogP contribution in [0.4, 0.5) is 14.6 Å². The van der Waals surface area contributed by atoms with Gasteiger partial charge in [0.05, 0.1) is 31.4 Å². The van der Waals surface area contributed by atoms with E-state index in [-0.39, 0.29) is 24.6 Å². The highest BCUT2D eigenvalue weighted by molar-refractivity contribution is 6.02. The van der Waals surface area contributed by atoms with Gasteiger partial charge in [-0.05, 0) is 43.7 Å². The molecule has 8 heteroatoms. The number of nitrogens with zero attached hydrogens (tertiary/aromatic N) is 3. The van der Waals surface area contributed by atoms with Crippen molar-refractivity contribution in [1.29, 1.82) is 0 Å². The molecule has 152 valence electrons. The van der Waals surface area contributed by atoms with E-state index in [9.17, 15) is 13.6 Å². The van der Waals surface area contributed by atoms with Crippen molar-refractivity contribution in [1.82, 2.24) is 14.4 Å². The number of quaternary nitrogens is 1. The normalized spacial score (nSPS) is 16.8. The number of alkyl halides is 2. The van der Waals surface area contributed by atoms with Crippen LogP contribution in [-0.4, -0.2) is 39.3 Å². The number of halogens is 2. The van der Waals surface area contributed by atoms with Gasteiger partial charge in [0, 0.05) is 11.9 Å². The third-order valence-corrected chi connectivity index (χ3v) is 5.27. The standard InChI is InChI=1S/C21H23F2N5O/c1-14-11-15(2)24-18(12-14)26-20(29)19-25-16(17-5-3-4-8-28(17)19)13-27-9-6-21(22,23)7-10-27/h3-5,8,11-12H,6-7,9-10,13H2,1-2H3,(H,24,26,29)/p+1. The molecule has 0 radical (unpaired) electrons. The minimum Gasteiger partial charge on any atom is -0.329 e. The number of aromatic nitrogens is 3. The average molecular weight is 400 g/mol. The minimum absolute atomic E-state index is 0.111. The summed E-state index contributed by atoms with van der Waals surface area (Å²) in [7, 11) is 0. The monoisotopic (exact) mass is 400 g/mol. The highest BCUT2D eigenvalue weighted by Gasteiger charge is 2.37. The number of nitrogens with one attached hydrogen (secondary N) is 2. The second kappa shape index (κ2) is 7.51. The number of amides is 1. The highest BCUT2D eigenvalue weighted by atomic mass is 19.3. The quantitative estimate of drug-likeness (QED) is 0.707. The van der Waals surface area contributed by atoms with Crippen LogP contribution in [0.15, 0.2) is 36.5 Å². The molecule has 0 aliphatic carbocycles. The van der Waals surface area contributed by atoms with Gasteiger partial charge in [-0.1, -0.05) is 6.07 Å². The van der Waals surface area contributed by atoms with Crippen molar-refractivity contribution in [2.75, 3.05) is 18.4 Å². The summed E-state index contributed by atoms with van der Waals surface area (Å²) in [5.41, 5.74) is 3.38. The Balaban J connectivity index is 1.59. The summed E-state index contributed by atoms with van der Waals surface area (Å²) in [6, 6.07) is 9.35. The smallest absolute Gasteiger partial charge is 0.293 e. The molecule has 4 rings (SSSR count). The van der Waals surface area contributed by atoms with E-state index >= 15 is 0 Å². The first-order valence-electron chi connectivity index (χ1n) is 9.75. The number of fused-ring (bicyclic) bond motifs is 1. The fourth-order valence-electron chi connectivity index (χ4n) is 3.85. The third-order valence-electron chi connectivity index (χ3n) is 5.27. The van der Waals surface area contributed by atoms with Crippen molar-refractivity contribution in [3.8, 4) is 0 Å². The lowest BCUT2D eigenvalue weighted by Crippen LogP contribution is -3.12. The molecule has 2 N–H and O–H groups in total. The van der Waals surface area contributed by atoms with Gasteiger partial charge < -0.3 is 10.2 Å². The SMILES string of the molecule is Cc1cc(C)nc(NC(=O)c2nc(C[NH+]3CCC(F)(F)CC3)c3ccccn23)c1. The number of pyridine rings is 2. The number of carbonyl (C=O) groups excluding carboxylic acids is 1. The first-order chi connectivity index (χ1) is 13.8. The van der Waals surface area contributed by atoms with Gasteiger partial charge >= 0.3 is 0 Å². The lowest BCUT2D eigenvalue weighted by Gasteiger charge is -2.28. The van der Waals surface area contributed by atoms with Gasteiger partial charge in [0.2, 0.25) is 5.82 Å². The van der Waals surface area contributed by atoms with Crippen molar-refractivity contribution in [3.05, 3.63) is 59.3 Å². The molecule has 1 saturated heterocycles. The maximum atomic E-state index is 13.5. The van der Waals surface area contributed by atoms with E-state index in [1.807, 2.05) is 38.1 Å². The molecule has 0 aromatic carbocycles. The summed E-state index contributed by atoms with van der Waals surface area (Å²) in [5, 5.41) is 2.82. The Morgan fingerprint density at radius 2 is 1.97 bits per heavy atom. The lowest BCUT2D eigenvalue weighted by atomic mass is 10.1.